The smallest absolute Gasteiger partial charge is 0.247 e. The van der Waals surface area contributed by atoms with Crippen LogP contribution < -0.4 is 9.80 Å². The zero-order valence-electron chi connectivity index (χ0n) is 17.5. The number of piperidine rings is 1. The largest absolute Gasteiger partial charge is 0.494 e. The highest BCUT2D eigenvalue weighted by Gasteiger charge is 2.35. The van der Waals surface area contributed by atoms with E-state index < -0.39 is 16.1 Å². The Morgan fingerprint density at radius 3 is 2.61 bits per heavy atom. The van der Waals surface area contributed by atoms with E-state index in [-0.39, 0.29) is 23.0 Å². The number of para-hydroxylation sites is 2. The molecule has 1 fully saturated rings. The maximum absolute atomic E-state index is 13.3. The second-order valence-electron chi connectivity index (χ2n) is 7.15. The van der Waals surface area contributed by atoms with Gasteiger partial charge in [0.25, 0.3) is 0 Å². The molecule has 2 aromatic carbocycles. The second kappa shape index (κ2) is 9.92. The number of benzene rings is 2. The van der Waals surface area contributed by atoms with Crippen LogP contribution in [0.4, 0.5) is 5.69 Å². The number of hydroxylamine groups is 1. The fourth-order valence-corrected chi connectivity index (χ4v) is 5.48. The van der Waals surface area contributed by atoms with Gasteiger partial charge in [-0.25, -0.2) is 8.42 Å². The van der Waals surface area contributed by atoms with Crippen LogP contribution in [0.3, 0.4) is 0 Å². The molecule has 1 unspecified atom stereocenters. The minimum Gasteiger partial charge on any atom is -0.494 e. The Bertz CT molecular complexity index is 1080. The van der Waals surface area contributed by atoms with Crippen LogP contribution in [0, 0.1) is 11.3 Å². The summed E-state index contributed by atoms with van der Waals surface area (Å²) in [5, 5.41) is 10.5. The highest BCUT2D eigenvalue weighted by Crippen LogP contribution is 2.30. The van der Waals surface area contributed by atoms with E-state index in [0.29, 0.717) is 30.8 Å². The van der Waals surface area contributed by atoms with Gasteiger partial charge in [-0.15, -0.1) is 0 Å². The van der Waals surface area contributed by atoms with Gasteiger partial charge < -0.3 is 4.74 Å². The molecule has 1 heterocycles. The molecule has 31 heavy (non-hydrogen) atoms. The third kappa shape index (κ3) is 4.88. The average molecular weight is 444 g/mol. The van der Waals surface area contributed by atoms with Gasteiger partial charge in [-0.1, -0.05) is 30.7 Å². The van der Waals surface area contributed by atoms with Gasteiger partial charge in [0, 0.05) is 13.5 Å². The number of anilines is 1. The van der Waals surface area contributed by atoms with Crippen molar-refractivity contribution >= 4 is 21.6 Å². The Labute approximate surface area is 182 Å². The van der Waals surface area contributed by atoms with Crippen LogP contribution in [0.2, 0.25) is 0 Å². The lowest BCUT2D eigenvalue weighted by Crippen LogP contribution is -2.47. The van der Waals surface area contributed by atoms with Gasteiger partial charge in [-0.05, 0) is 37.1 Å². The summed E-state index contributed by atoms with van der Waals surface area (Å²) in [5.41, 5.74) is 0.546. The van der Waals surface area contributed by atoms with Crippen LogP contribution in [0.1, 0.15) is 31.7 Å². The van der Waals surface area contributed by atoms with Gasteiger partial charge in [0.05, 0.1) is 30.2 Å². The standard InChI is InChI=1S/C22H25N3O5S/c1-17(26)25(20-11-4-5-12-21(20)29-2)30-16-19-10-7-8-14-24(19)31(27,28)22-13-6-3-9-18(22)15-23/h3-6,9,11-13,19H,7-8,10,14,16H2,1-2H3. The van der Waals surface area contributed by atoms with E-state index in [1.807, 2.05) is 6.07 Å². The molecule has 1 saturated heterocycles. The molecule has 2 aromatic rings. The lowest BCUT2D eigenvalue weighted by atomic mass is 10.1. The van der Waals surface area contributed by atoms with E-state index >= 15 is 0 Å². The monoisotopic (exact) mass is 443 g/mol. The van der Waals surface area contributed by atoms with Gasteiger partial charge in [0.2, 0.25) is 15.9 Å². The summed E-state index contributed by atoms with van der Waals surface area (Å²) in [6, 6.07) is 14.6. The number of amides is 1. The molecule has 0 saturated carbocycles. The Kier molecular flexibility index (Phi) is 7.28. The lowest BCUT2D eigenvalue weighted by molar-refractivity contribution is -0.124. The summed E-state index contributed by atoms with van der Waals surface area (Å²) in [4.78, 5) is 18.1. The predicted molar refractivity (Wildman–Crippen MR) is 115 cm³/mol. The SMILES string of the molecule is COc1ccccc1N(OCC1CCCCN1S(=O)(=O)c1ccccc1C#N)C(C)=O. The number of carbonyl (C=O) groups excluding carboxylic acids is 1. The molecular formula is C22H25N3O5S. The summed E-state index contributed by atoms with van der Waals surface area (Å²) >= 11 is 0. The summed E-state index contributed by atoms with van der Waals surface area (Å²) in [6.07, 6.45) is 2.15. The minimum absolute atomic E-state index is 0.00835. The Hall–Kier alpha value is -2.93. The third-order valence-corrected chi connectivity index (χ3v) is 7.16. The first-order valence-electron chi connectivity index (χ1n) is 9.97. The number of hydrogen-bond donors (Lipinski definition) is 0. The second-order valence-corrected chi connectivity index (χ2v) is 9.01. The molecule has 164 valence electrons. The number of ether oxygens (including phenoxy) is 1. The summed E-state index contributed by atoms with van der Waals surface area (Å²) in [7, 11) is -2.40. The quantitative estimate of drug-likeness (QED) is 0.610. The normalized spacial score (nSPS) is 17.0. The van der Waals surface area contributed by atoms with E-state index in [9.17, 15) is 18.5 Å². The molecule has 1 amide bonds. The third-order valence-electron chi connectivity index (χ3n) is 5.15. The first-order chi connectivity index (χ1) is 14.9. The number of nitrogens with zero attached hydrogens (tertiary/aromatic N) is 3. The topological polar surface area (TPSA) is 99.9 Å². The number of methoxy groups -OCH3 is 1. The lowest BCUT2D eigenvalue weighted by Gasteiger charge is -2.35. The van der Waals surface area contributed by atoms with E-state index in [4.69, 9.17) is 9.57 Å². The van der Waals surface area contributed by atoms with Crippen LogP contribution in [0.15, 0.2) is 53.4 Å². The van der Waals surface area contributed by atoms with Gasteiger partial charge >= 0.3 is 0 Å². The molecule has 1 aliphatic heterocycles. The first kappa shape index (κ1) is 22.7. The molecule has 0 aliphatic carbocycles. The van der Waals surface area contributed by atoms with Crippen molar-refractivity contribution in [2.45, 2.75) is 37.1 Å². The van der Waals surface area contributed by atoms with E-state index in [0.717, 1.165) is 11.5 Å². The molecule has 0 bridgehead atoms. The molecule has 8 nitrogen and oxygen atoms in total. The van der Waals surface area contributed by atoms with Crippen LogP contribution in [-0.2, 0) is 19.7 Å². The Morgan fingerprint density at radius 2 is 1.90 bits per heavy atom. The number of hydrogen-bond acceptors (Lipinski definition) is 6. The first-order valence-corrected chi connectivity index (χ1v) is 11.4. The summed E-state index contributed by atoms with van der Waals surface area (Å²) in [6.45, 7) is 1.68. The molecule has 1 atom stereocenters. The zero-order chi connectivity index (χ0) is 22.4. The van der Waals surface area contributed by atoms with Crippen molar-refractivity contribution in [1.29, 1.82) is 5.26 Å². The van der Waals surface area contributed by atoms with Crippen molar-refractivity contribution in [2.24, 2.45) is 0 Å². The van der Waals surface area contributed by atoms with E-state index in [1.54, 1.807) is 36.4 Å². The van der Waals surface area contributed by atoms with Crippen molar-refractivity contribution < 1.29 is 22.8 Å². The van der Waals surface area contributed by atoms with Crippen molar-refractivity contribution in [1.82, 2.24) is 4.31 Å². The molecule has 1 aliphatic rings. The van der Waals surface area contributed by atoms with Crippen molar-refractivity contribution in [3.63, 3.8) is 0 Å². The van der Waals surface area contributed by atoms with Crippen LogP contribution in [0.5, 0.6) is 5.75 Å². The molecule has 0 spiro atoms. The van der Waals surface area contributed by atoms with Gasteiger partial charge in [0.15, 0.2) is 0 Å². The maximum Gasteiger partial charge on any atom is 0.247 e. The molecule has 3 rings (SSSR count). The molecule has 0 radical (unpaired) electrons. The van der Waals surface area contributed by atoms with E-state index in [1.165, 1.54) is 30.5 Å². The number of sulfonamides is 1. The predicted octanol–water partition coefficient (Wildman–Crippen LogP) is 3.09. The maximum atomic E-state index is 13.3. The number of rotatable bonds is 7. The number of nitriles is 1. The van der Waals surface area contributed by atoms with Gasteiger partial charge in [-0.3, -0.25) is 9.63 Å². The Balaban J connectivity index is 1.85. The van der Waals surface area contributed by atoms with Crippen LogP contribution in [-0.4, -0.2) is 44.9 Å². The van der Waals surface area contributed by atoms with Crippen LogP contribution in [0.25, 0.3) is 0 Å². The highest BCUT2D eigenvalue weighted by atomic mass is 32.2. The molecule has 0 N–H and O–H groups in total. The highest BCUT2D eigenvalue weighted by molar-refractivity contribution is 7.89. The molecular weight excluding hydrogens is 418 g/mol. The molecule has 9 heteroatoms. The van der Waals surface area contributed by atoms with Gasteiger partial charge in [0.1, 0.15) is 17.5 Å². The Morgan fingerprint density at radius 1 is 1.19 bits per heavy atom. The van der Waals surface area contributed by atoms with E-state index in [2.05, 4.69) is 0 Å². The molecule has 0 aromatic heterocycles. The summed E-state index contributed by atoms with van der Waals surface area (Å²) in [5.74, 6) is 0.110. The zero-order valence-corrected chi connectivity index (χ0v) is 18.3. The fraction of sp³-hybridized carbons (Fsp3) is 0.364. The van der Waals surface area contributed by atoms with Gasteiger partial charge in [-0.2, -0.15) is 14.6 Å². The number of carbonyl (C=O) groups is 1. The fourth-order valence-electron chi connectivity index (χ4n) is 3.66. The summed E-state index contributed by atoms with van der Waals surface area (Å²) < 4.78 is 33.4. The van der Waals surface area contributed by atoms with Crippen molar-refractivity contribution in [3.05, 3.63) is 54.1 Å². The van der Waals surface area contributed by atoms with Crippen LogP contribution >= 0.6 is 0 Å². The average Bonchev–Trinajstić information content (AvgIpc) is 2.79. The minimum atomic E-state index is -3.90. The van der Waals surface area contributed by atoms with Crippen molar-refractivity contribution in [3.8, 4) is 11.8 Å². The van der Waals surface area contributed by atoms with Crippen molar-refractivity contribution in [2.75, 3.05) is 25.3 Å².